The highest BCUT2D eigenvalue weighted by Gasteiger charge is 2.65. The third-order valence-electron chi connectivity index (χ3n) is 5.06. The molecule has 8 heteroatoms. The van der Waals surface area contributed by atoms with Crippen LogP contribution in [0.15, 0.2) is 0 Å². The summed E-state index contributed by atoms with van der Waals surface area (Å²) in [6, 6.07) is 0. The Morgan fingerprint density at radius 3 is 2.61 bits per heavy atom. The van der Waals surface area contributed by atoms with E-state index in [9.17, 15) is 9.90 Å². The molecule has 2 aliphatic heterocycles. The zero-order valence-corrected chi connectivity index (χ0v) is 15.9. The molecule has 3 atom stereocenters. The third kappa shape index (κ3) is 3.20. The Labute approximate surface area is 138 Å². The van der Waals surface area contributed by atoms with Crippen molar-refractivity contribution in [2.24, 2.45) is 0 Å². The first-order valence-electron chi connectivity index (χ1n) is 8.14. The lowest BCUT2D eigenvalue weighted by atomic mass is 9.89. The monoisotopic (exact) mass is 347 g/mol. The van der Waals surface area contributed by atoms with Crippen LogP contribution >= 0.6 is 0 Å². The topological polar surface area (TPSA) is 77.5 Å². The minimum Gasteiger partial charge on any atom is -0.464 e. The van der Waals surface area contributed by atoms with Crippen molar-refractivity contribution in [2.75, 3.05) is 19.8 Å². The van der Waals surface area contributed by atoms with E-state index in [-0.39, 0.29) is 24.9 Å². The predicted molar refractivity (Wildman–Crippen MR) is 85.8 cm³/mol. The lowest BCUT2D eigenvalue weighted by Gasteiger charge is -2.41. The molecule has 0 aromatic heterocycles. The van der Waals surface area contributed by atoms with Crippen LogP contribution in [0.25, 0.3) is 0 Å². The summed E-state index contributed by atoms with van der Waals surface area (Å²) in [5, 5.41) is 10.6. The van der Waals surface area contributed by atoms with E-state index in [0.717, 1.165) is 0 Å². The second-order valence-corrected chi connectivity index (χ2v) is 12.4. The Morgan fingerprint density at radius 1 is 1.43 bits per heavy atom. The van der Waals surface area contributed by atoms with Crippen molar-refractivity contribution >= 4 is 14.3 Å². The van der Waals surface area contributed by atoms with Gasteiger partial charge in [0.25, 0.3) is 0 Å². The number of aliphatic hydroxyl groups is 1. The molecule has 1 N–H and O–H groups in total. The van der Waals surface area contributed by atoms with E-state index in [1.807, 2.05) is 0 Å². The van der Waals surface area contributed by atoms with Crippen LogP contribution in [0, 0.1) is 0 Å². The van der Waals surface area contributed by atoms with Gasteiger partial charge in [-0.05, 0) is 30.3 Å². The van der Waals surface area contributed by atoms with Crippen molar-refractivity contribution in [3.63, 3.8) is 0 Å². The SMILES string of the molecule is CCOC(=O)[C@@]12CC(CO)ON1OC[C@@H]2O[Si](C)(C)C(C)(C)C. The van der Waals surface area contributed by atoms with Crippen LogP contribution in [-0.2, 0) is 23.6 Å². The molecule has 2 fully saturated rings. The number of rotatable bonds is 5. The lowest BCUT2D eigenvalue weighted by Crippen LogP contribution is -2.58. The van der Waals surface area contributed by atoms with Crippen molar-refractivity contribution in [3.8, 4) is 0 Å². The van der Waals surface area contributed by atoms with E-state index in [0.29, 0.717) is 6.42 Å². The minimum absolute atomic E-state index is 0.00606. The Balaban J connectivity index is 2.30. The van der Waals surface area contributed by atoms with E-state index < -0.39 is 32.0 Å². The lowest BCUT2D eigenvalue weighted by molar-refractivity contribution is -0.357. The number of carbonyl (C=O) groups excluding carboxylic acids is 1. The van der Waals surface area contributed by atoms with Crippen LogP contribution in [0.5, 0.6) is 0 Å². The number of hydrogen-bond acceptors (Lipinski definition) is 7. The molecule has 23 heavy (non-hydrogen) atoms. The molecule has 1 unspecified atom stereocenters. The van der Waals surface area contributed by atoms with Gasteiger partial charge in [-0.2, -0.15) is 0 Å². The average molecular weight is 347 g/mol. The summed E-state index contributed by atoms with van der Waals surface area (Å²) in [4.78, 5) is 23.8. The number of hydroxylamine groups is 2. The van der Waals surface area contributed by atoms with Crippen LogP contribution in [0.1, 0.15) is 34.1 Å². The quantitative estimate of drug-likeness (QED) is 0.598. The second kappa shape index (κ2) is 6.42. The molecular formula is C15H29NO6Si. The fraction of sp³-hybridized carbons (Fsp3) is 0.933. The van der Waals surface area contributed by atoms with E-state index >= 15 is 0 Å². The molecule has 0 aromatic carbocycles. The number of hydrogen-bond donors (Lipinski definition) is 1. The number of fused-ring (bicyclic) bond motifs is 1. The molecule has 2 rings (SSSR count). The first kappa shape index (κ1) is 18.8. The first-order chi connectivity index (χ1) is 10.6. The van der Waals surface area contributed by atoms with Gasteiger partial charge < -0.3 is 14.3 Å². The molecule has 2 heterocycles. The predicted octanol–water partition coefficient (Wildman–Crippen LogP) is 1.62. The maximum atomic E-state index is 12.7. The maximum Gasteiger partial charge on any atom is 0.334 e. The zero-order chi connectivity index (χ0) is 17.5. The summed E-state index contributed by atoms with van der Waals surface area (Å²) in [5.41, 5.74) is -1.14. The van der Waals surface area contributed by atoms with Crippen LogP contribution in [0.3, 0.4) is 0 Å². The van der Waals surface area contributed by atoms with E-state index in [2.05, 4.69) is 33.9 Å². The molecule has 0 amide bonds. The molecular weight excluding hydrogens is 318 g/mol. The highest BCUT2D eigenvalue weighted by atomic mass is 28.4. The van der Waals surface area contributed by atoms with E-state index in [1.54, 1.807) is 6.92 Å². The highest BCUT2D eigenvalue weighted by Crippen LogP contribution is 2.46. The number of aliphatic hydroxyl groups excluding tert-OH is 1. The summed E-state index contributed by atoms with van der Waals surface area (Å²) in [6.07, 6.45) is -0.675. The van der Waals surface area contributed by atoms with Gasteiger partial charge in [-0.25, -0.2) is 4.79 Å². The smallest absolute Gasteiger partial charge is 0.334 e. The van der Waals surface area contributed by atoms with Gasteiger partial charge in [0.2, 0.25) is 0 Å². The minimum atomic E-state index is -2.11. The molecule has 2 saturated heterocycles. The molecule has 0 aromatic rings. The Bertz CT molecular complexity index is 452. The number of ether oxygens (including phenoxy) is 1. The van der Waals surface area contributed by atoms with Crippen molar-refractivity contribution in [2.45, 2.75) is 70.0 Å². The van der Waals surface area contributed by atoms with Crippen molar-refractivity contribution in [1.29, 1.82) is 0 Å². The van der Waals surface area contributed by atoms with E-state index in [4.69, 9.17) is 18.8 Å². The van der Waals surface area contributed by atoms with Gasteiger partial charge in [0.1, 0.15) is 12.2 Å². The van der Waals surface area contributed by atoms with Crippen LogP contribution < -0.4 is 0 Å². The molecule has 0 aliphatic carbocycles. The molecule has 0 bridgehead atoms. The molecule has 0 saturated carbocycles. The molecule has 134 valence electrons. The van der Waals surface area contributed by atoms with Gasteiger partial charge in [-0.3, -0.25) is 9.68 Å². The molecule has 7 nitrogen and oxygen atoms in total. The fourth-order valence-electron chi connectivity index (χ4n) is 2.66. The van der Waals surface area contributed by atoms with Crippen LogP contribution in [0.2, 0.25) is 18.1 Å². The molecule has 0 spiro atoms. The zero-order valence-electron chi connectivity index (χ0n) is 14.9. The summed E-state index contributed by atoms with van der Waals surface area (Å²) >= 11 is 0. The molecule has 0 radical (unpaired) electrons. The standard InChI is InChI=1S/C15H29NO6Si/c1-7-19-13(18)15-8-11(9-17)21-16(15)20-10-12(15)22-23(5,6)14(2,3)4/h11-12,17H,7-10H2,1-6H3/t11?,12-,15-/m0/s1. The van der Waals surface area contributed by atoms with Crippen molar-refractivity contribution in [3.05, 3.63) is 0 Å². The largest absolute Gasteiger partial charge is 0.464 e. The Hall–Kier alpha value is -0.513. The van der Waals surface area contributed by atoms with Gasteiger partial charge in [0, 0.05) is 6.42 Å². The summed E-state index contributed by atoms with van der Waals surface area (Å²) in [7, 11) is -2.11. The van der Waals surface area contributed by atoms with Crippen molar-refractivity contribution in [1.82, 2.24) is 5.23 Å². The summed E-state index contributed by atoms with van der Waals surface area (Å²) in [5.74, 6) is -0.419. The third-order valence-corrected chi connectivity index (χ3v) is 9.55. The number of nitrogens with zero attached hydrogens (tertiary/aromatic N) is 1. The van der Waals surface area contributed by atoms with Gasteiger partial charge >= 0.3 is 5.97 Å². The highest BCUT2D eigenvalue weighted by molar-refractivity contribution is 6.74. The van der Waals surface area contributed by atoms with Gasteiger partial charge in [0.05, 0.1) is 19.8 Å². The first-order valence-corrected chi connectivity index (χ1v) is 11.0. The summed E-state index contributed by atoms with van der Waals surface area (Å²) in [6.45, 7) is 12.8. The summed E-state index contributed by atoms with van der Waals surface area (Å²) < 4.78 is 11.7. The van der Waals surface area contributed by atoms with Crippen molar-refractivity contribution < 1.29 is 28.7 Å². The number of esters is 1. The Kier molecular flexibility index (Phi) is 5.25. The van der Waals surface area contributed by atoms with E-state index in [1.165, 1.54) is 5.23 Å². The number of carbonyl (C=O) groups is 1. The van der Waals surface area contributed by atoms with Gasteiger partial charge in [0.15, 0.2) is 13.9 Å². The van der Waals surface area contributed by atoms with Gasteiger partial charge in [-0.15, -0.1) is 0 Å². The fourth-order valence-corrected chi connectivity index (χ4v) is 3.99. The normalized spacial score (nSPS) is 32.1. The van der Waals surface area contributed by atoms with Crippen LogP contribution in [-0.4, -0.2) is 62.2 Å². The second-order valence-electron chi connectivity index (χ2n) is 7.68. The van der Waals surface area contributed by atoms with Gasteiger partial charge in [-0.1, -0.05) is 20.8 Å². The van der Waals surface area contributed by atoms with Crippen LogP contribution in [0.4, 0.5) is 0 Å². The maximum absolute atomic E-state index is 12.7. The Morgan fingerprint density at radius 2 is 2.09 bits per heavy atom. The average Bonchev–Trinajstić information content (AvgIpc) is 2.95. The molecule has 2 aliphatic rings.